The molecule has 0 aliphatic carbocycles. The van der Waals surface area contributed by atoms with Crippen LogP contribution in [0.5, 0.6) is 0 Å². The van der Waals surface area contributed by atoms with Crippen LogP contribution in [0.2, 0.25) is 5.02 Å². The molecule has 3 aromatic rings. The first kappa shape index (κ1) is 25.5. The Morgan fingerprint density at radius 3 is 2.50 bits per heavy atom. The number of furan rings is 1. The van der Waals surface area contributed by atoms with E-state index in [2.05, 4.69) is 10.4 Å². The Morgan fingerprint density at radius 2 is 1.91 bits per heavy atom. The molecular weight excluding hydrogens is 482 g/mol. The van der Waals surface area contributed by atoms with Crippen molar-refractivity contribution >= 4 is 45.8 Å². The summed E-state index contributed by atoms with van der Waals surface area (Å²) >= 11 is 7.14. The van der Waals surface area contributed by atoms with Gasteiger partial charge in [0, 0.05) is 0 Å². The number of carbonyl (C=O) groups excluding carboxylic acids is 3. The molecule has 0 radical (unpaired) electrons. The van der Waals surface area contributed by atoms with Crippen LogP contribution in [-0.4, -0.2) is 40.3 Å². The smallest absolute Gasteiger partial charge is 0.348 e. The third-order valence-corrected chi connectivity index (χ3v) is 6.60. The van der Waals surface area contributed by atoms with Crippen LogP contribution in [0.4, 0.5) is 5.00 Å². The van der Waals surface area contributed by atoms with Crippen molar-refractivity contribution in [2.45, 2.75) is 54.2 Å². The van der Waals surface area contributed by atoms with Crippen molar-refractivity contribution in [1.29, 1.82) is 0 Å². The predicted molar refractivity (Wildman–Crippen MR) is 128 cm³/mol. The molecule has 0 saturated carbocycles. The summed E-state index contributed by atoms with van der Waals surface area (Å²) in [6.45, 7) is 10.9. The van der Waals surface area contributed by atoms with E-state index in [1.165, 1.54) is 6.07 Å². The normalized spacial score (nSPS) is 11.1. The molecule has 0 aliphatic heterocycles. The zero-order valence-electron chi connectivity index (χ0n) is 19.8. The van der Waals surface area contributed by atoms with E-state index in [0.29, 0.717) is 28.6 Å². The topological polar surface area (TPSA) is 113 Å². The summed E-state index contributed by atoms with van der Waals surface area (Å²) in [7, 11) is 0. The van der Waals surface area contributed by atoms with Gasteiger partial charge in [-0.3, -0.25) is 9.48 Å². The molecule has 3 heterocycles. The molecule has 0 aliphatic rings. The lowest BCUT2D eigenvalue weighted by atomic mass is 10.1. The number of esters is 2. The van der Waals surface area contributed by atoms with Crippen molar-refractivity contribution in [1.82, 2.24) is 9.78 Å². The molecule has 0 aromatic carbocycles. The van der Waals surface area contributed by atoms with Gasteiger partial charge in [-0.1, -0.05) is 11.6 Å². The molecule has 0 atom stereocenters. The number of carbonyl (C=O) groups is 3. The lowest BCUT2D eigenvalue weighted by molar-refractivity contribution is 0.0379. The van der Waals surface area contributed by atoms with Crippen molar-refractivity contribution in [3.63, 3.8) is 0 Å². The predicted octanol–water partition coefficient (Wildman–Crippen LogP) is 5.16. The molecule has 182 valence electrons. The van der Waals surface area contributed by atoms with Crippen LogP contribution in [0.3, 0.4) is 0 Å². The number of amides is 1. The average Bonchev–Trinajstić information content (AvgIpc) is 3.42. The first-order valence-corrected chi connectivity index (χ1v) is 11.8. The standard InChI is InChI=1S/C23H26ClN3O6S/c1-7-31-23(30)19-12(4)17(22(29)32-11(2)3)21(34-19)25-20(28)16-9-8-15(33-16)10-27-14(6)18(24)13(5)26-27/h8-9,11H,7,10H2,1-6H3,(H,25,28). The molecule has 0 bridgehead atoms. The van der Waals surface area contributed by atoms with E-state index in [4.69, 9.17) is 25.5 Å². The number of nitrogens with one attached hydrogen (secondary N) is 1. The fourth-order valence-electron chi connectivity index (χ4n) is 3.24. The van der Waals surface area contributed by atoms with E-state index >= 15 is 0 Å². The highest BCUT2D eigenvalue weighted by molar-refractivity contribution is 7.18. The number of anilines is 1. The molecule has 1 amide bonds. The van der Waals surface area contributed by atoms with E-state index in [1.807, 2.05) is 13.8 Å². The highest BCUT2D eigenvalue weighted by atomic mass is 35.5. The van der Waals surface area contributed by atoms with Crippen molar-refractivity contribution in [3.8, 4) is 0 Å². The number of hydrogen-bond acceptors (Lipinski definition) is 8. The number of halogens is 1. The minimum Gasteiger partial charge on any atom is -0.462 e. The Kier molecular flexibility index (Phi) is 7.83. The van der Waals surface area contributed by atoms with Crippen LogP contribution in [-0.2, 0) is 16.0 Å². The van der Waals surface area contributed by atoms with Gasteiger partial charge in [-0.2, -0.15) is 5.10 Å². The third-order valence-electron chi connectivity index (χ3n) is 4.87. The van der Waals surface area contributed by atoms with Crippen LogP contribution in [0.1, 0.15) is 74.1 Å². The molecule has 0 fully saturated rings. The maximum atomic E-state index is 12.9. The van der Waals surface area contributed by atoms with E-state index in [1.54, 1.807) is 38.4 Å². The monoisotopic (exact) mass is 507 g/mol. The summed E-state index contributed by atoms with van der Waals surface area (Å²) in [5, 5.41) is 7.79. The highest BCUT2D eigenvalue weighted by Gasteiger charge is 2.28. The van der Waals surface area contributed by atoms with Gasteiger partial charge in [-0.25, -0.2) is 9.59 Å². The Hall–Kier alpha value is -3.11. The summed E-state index contributed by atoms with van der Waals surface area (Å²) in [5.74, 6) is -1.26. The van der Waals surface area contributed by atoms with Crippen LogP contribution >= 0.6 is 22.9 Å². The van der Waals surface area contributed by atoms with Crippen LogP contribution in [0, 0.1) is 20.8 Å². The van der Waals surface area contributed by atoms with Crippen molar-refractivity contribution in [2.24, 2.45) is 0 Å². The molecule has 11 heteroatoms. The number of aromatic nitrogens is 2. The first-order valence-electron chi connectivity index (χ1n) is 10.6. The number of nitrogens with zero attached hydrogens (tertiary/aromatic N) is 2. The average molecular weight is 508 g/mol. The zero-order valence-corrected chi connectivity index (χ0v) is 21.3. The van der Waals surface area contributed by atoms with Gasteiger partial charge < -0.3 is 19.2 Å². The highest BCUT2D eigenvalue weighted by Crippen LogP contribution is 2.35. The van der Waals surface area contributed by atoms with Gasteiger partial charge in [-0.05, 0) is 59.2 Å². The van der Waals surface area contributed by atoms with Crippen molar-refractivity contribution in [2.75, 3.05) is 11.9 Å². The molecule has 34 heavy (non-hydrogen) atoms. The van der Waals surface area contributed by atoms with Gasteiger partial charge in [0.1, 0.15) is 15.6 Å². The van der Waals surface area contributed by atoms with E-state index in [-0.39, 0.29) is 33.9 Å². The maximum Gasteiger partial charge on any atom is 0.348 e. The number of hydrogen-bond donors (Lipinski definition) is 1. The summed E-state index contributed by atoms with van der Waals surface area (Å²) in [6, 6.07) is 3.19. The van der Waals surface area contributed by atoms with Gasteiger partial charge in [0.25, 0.3) is 5.91 Å². The number of rotatable bonds is 8. The molecule has 3 aromatic heterocycles. The Morgan fingerprint density at radius 1 is 1.21 bits per heavy atom. The summed E-state index contributed by atoms with van der Waals surface area (Å²) in [6.07, 6.45) is -0.378. The molecule has 0 saturated heterocycles. The largest absolute Gasteiger partial charge is 0.462 e. The maximum absolute atomic E-state index is 12.9. The fourth-order valence-corrected chi connectivity index (χ4v) is 4.46. The van der Waals surface area contributed by atoms with Gasteiger partial charge in [0.2, 0.25) is 0 Å². The molecule has 0 spiro atoms. The number of aryl methyl sites for hydroxylation is 1. The summed E-state index contributed by atoms with van der Waals surface area (Å²) in [4.78, 5) is 38.2. The Balaban J connectivity index is 1.86. The number of ether oxygens (including phenoxy) is 2. The van der Waals surface area contributed by atoms with Gasteiger partial charge >= 0.3 is 11.9 Å². The Bertz CT molecular complexity index is 1240. The van der Waals surface area contributed by atoms with Crippen LogP contribution in [0.15, 0.2) is 16.5 Å². The lowest BCUT2D eigenvalue weighted by Gasteiger charge is -2.10. The fraction of sp³-hybridized carbons (Fsp3) is 0.391. The quantitative estimate of drug-likeness (QED) is 0.419. The Labute approximate surface area is 206 Å². The SMILES string of the molecule is CCOC(=O)c1sc(NC(=O)c2ccc(Cn3nc(C)c(Cl)c3C)o2)c(C(=O)OC(C)C)c1C. The third kappa shape index (κ3) is 5.34. The second kappa shape index (κ2) is 10.4. The van der Waals surface area contributed by atoms with Crippen molar-refractivity contribution in [3.05, 3.63) is 56.1 Å². The van der Waals surface area contributed by atoms with Crippen molar-refractivity contribution < 1.29 is 28.3 Å². The second-order valence-corrected chi connectivity index (χ2v) is 9.20. The minimum atomic E-state index is -0.642. The molecular formula is C23H26ClN3O6S. The lowest BCUT2D eigenvalue weighted by Crippen LogP contribution is -2.16. The zero-order chi connectivity index (χ0) is 25.2. The molecule has 3 rings (SSSR count). The second-order valence-electron chi connectivity index (χ2n) is 7.80. The van der Waals surface area contributed by atoms with E-state index in [9.17, 15) is 14.4 Å². The van der Waals surface area contributed by atoms with Gasteiger partial charge in [0.15, 0.2) is 5.76 Å². The van der Waals surface area contributed by atoms with Crippen LogP contribution < -0.4 is 5.32 Å². The minimum absolute atomic E-state index is 0.0366. The number of thiophene rings is 1. The van der Waals surface area contributed by atoms with E-state index in [0.717, 1.165) is 17.0 Å². The summed E-state index contributed by atoms with van der Waals surface area (Å²) in [5.41, 5.74) is 1.98. The van der Waals surface area contributed by atoms with Gasteiger partial charge in [0.05, 0.1) is 41.2 Å². The molecule has 9 nitrogen and oxygen atoms in total. The first-order chi connectivity index (χ1) is 16.0. The summed E-state index contributed by atoms with van der Waals surface area (Å²) < 4.78 is 17.8. The van der Waals surface area contributed by atoms with E-state index < -0.39 is 17.8 Å². The van der Waals surface area contributed by atoms with Gasteiger partial charge in [-0.15, -0.1) is 11.3 Å². The molecule has 0 unspecified atom stereocenters. The molecule has 1 N–H and O–H groups in total. The van der Waals surface area contributed by atoms with Crippen LogP contribution in [0.25, 0.3) is 0 Å².